The van der Waals surface area contributed by atoms with Crippen molar-refractivity contribution in [1.82, 2.24) is 4.90 Å². The maximum absolute atomic E-state index is 11.5. The molecule has 1 heterocycles. The molecule has 0 radical (unpaired) electrons. The van der Waals surface area contributed by atoms with Gasteiger partial charge in [-0.15, -0.1) is 0 Å². The zero-order valence-electron chi connectivity index (χ0n) is 11.1. The topological polar surface area (TPSA) is 64.8 Å². The molecule has 1 aliphatic heterocycles. The Hall–Kier alpha value is -0.650. The summed E-state index contributed by atoms with van der Waals surface area (Å²) in [7, 11) is 1.37. The number of esters is 1. The maximum atomic E-state index is 11.5. The quantitative estimate of drug-likeness (QED) is 0.708. The predicted molar refractivity (Wildman–Crippen MR) is 65.7 cm³/mol. The predicted octanol–water partition coefficient (Wildman–Crippen LogP) is 0.378. The lowest BCUT2D eigenvalue weighted by atomic mass is 9.98. The Morgan fingerprint density at radius 2 is 2.35 bits per heavy atom. The van der Waals surface area contributed by atoms with Gasteiger partial charge in [0.2, 0.25) is 0 Å². The first-order valence-electron chi connectivity index (χ1n) is 6.20. The van der Waals surface area contributed by atoms with Crippen LogP contribution in [0.2, 0.25) is 0 Å². The van der Waals surface area contributed by atoms with Crippen LogP contribution in [0.4, 0.5) is 0 Å². The van der Waals surface area contributed by atoms with E-state index >= 15 is 0 Å². The van der Waals surface area contributed by atoms with Crippen LogP contribution in [-0.2, 0) is 14.3 Å². The van der Waals surface area contributed by atoms with Gasteiger partial charge >= 0.3 is 5.97 Å². The lowest BCUT2D eigenvalue weighted by molar-refractivity contribution is -0.147. The molecule has 0 aromatic carbocycles. The van der Waals surface area contributed by atoms with Crippen LogP contribution in [0.25, 0.3) is 0 Å². The number of rotatable bonds is 5. The van der Waals surface area contributed by atoms with Gasteiger partial charge in [-0.3, -0.25) is 9.69 Å². The Kier molecular flexibility index (Phi) is 5.36. The van der Waals surface area contributed by atoms with Gasteiger partial charge in [-0.05, 0) is 19.8 Å². The van der Waals surface area contributed by atoms with Crippen LogP contribution in [-0.4, -0.2) is 55.9 Å². The highest BCUT2D eigenvalue weighted by atomic mass is 16.5. The monoisotopic (exact) mass is 244 g/mol. The van der Waals surface area contributed by atoms with E-state index in [1.54, 1.807) is 6.92 Å². The molecule has 0 amide bonds. The second-order valence-corrected chi connectivity index (χ2v) is 4.83. The van der Waals surface area contributed by atoms with E-state index in [1.165, 1.54) is 7.11 Å². The first-order chi connectivity index (χ1) is 8.01. The standard InChI is InChI=1S/C12H24N2O3/c1-4-10-9-17-8-7-14(10)6-5-12(2,13)11(15)16-3/h10H,4-9,13H2,1-3H3. The molecule has 2 unspecified atom stereocenters. The van der Waals surface area contributed by atoms with E-state index < -0.39 is 5.54 Å². The lowest BCUT2D eigenvalue weighted by Crippen LogP contribution is -2.51. The highest BCUT2D eigenvalue weighted by Gasteiger charge is 2.31. The molecule has 2 N–H and O–H groups in total. The number of hydrogen-bond donors (Lipinski definition) is 1. The summed E-state index contributed by atoms with van der Waals surface area (Å²) < 4.78 is 10.1. The summed E-state index contributed by atoms with van der Waals surface area (Å²) in [5.74, 6) is -0.348. The van der Waals surface area contributed by atoms with Gasteiger partial charge in [0.1, 0.15) is 5.54 Å². The third-order valence-corrected chi connectivity index (χ3v) is 3.39. The van der Waals surface area contributed by atoms with Crippen LogP contribution in [0, 0.1) is 0 Å². The van der Waals surface area contributed by atoms with Crippen LogP contribution in [0.5, 0.6) is 0 Å². The Balaban J connectivity index is 2.45. The number of ether oxygens (including phenoxy) is 2. The first kappa shape index (κ1) is 14.4. The van der Waals surface area contributed by atoms with Gasteiger partial charge in [0.25, 0.3) is 0 Å². The van der Waals surface area contributed by atoms with Gasteiger partial charge in [-0.2, -0.15) is 0 Å². The van der Waals surface area contributed by atoms with E-state index in [1.807, 2.05) is 0 Å². The summed E-state index contributed by atoms with van der Waals surface area (Å²) in [5, 5.41) is 0. The molecule has 1 aliphatic rings. The SMILES string of the molecule is CCC1COCCN1CCC(C)(N)C(=O)OC. The van der Waals surface area contributed by atoms with E-state index in [0.717, 1.165) is 32.7 Å². The normalized spacial score (nSPS) is 25.3. The zero-order chi connectivity index (χ0) is 12.9. The number of carbonyl (C=O) groups excluding carboxylic acids is 1. The molecular weight excluding hydrogens is 220 g/mol. The number of hydrogen-bond acceptors (Lipinski definition) is 5. The van der Waals surface area contributed by atoms with Crippen molar-refractivity contribution in [3.8, 4) is 0 Å². The van der Waals surface area contributed by atoms with Gasteiger partial charge < -0.3 is 15.2 Å². The number of methoxy groups -OCH3 is 1. The molecule has 5 heteroatoms. The van der Waals surface area contributed by atoms with Crippen LogP contribution in [0.3, 0.4) is 0 Å². The zero-order valence-corrected chi connectivity index (χ0v) is 11.1. The van der Waals surface area contributed by atoms with Crippen LogP contribution < -0.4 is 5.73 Å². The summed E-state index contributed by atoms with van der Waals surface area (Å²) in [6.45, 7) is 7.13. The summed E-state index contributed by atoms with van der Waals surface area (Å²) in [4.78, 5) is 13.8. The third kappa shape index (κ3) is 3.94. The Morgan fingerprint density at radius 1 is 1.65 bits per heavy atom. The Bertz CT molecular complexity index is 256. The fourth-order valence-electron chi connectivity index (χ4n) is 2.07. The maximum Gasteiger partial charge on any atom is 0.325 e. The van der Waals surface area contributed by atoms with Gasteiger partial charge in [0.15, 0.2) is 0 Å². The average molecular weight is 244 g/mol. The van der Waals surface area contributed by atoms with Crippen molar-refractivity contribution in [2.45, 2.75) is 38.3 Å². The van der Waals surface area contributed by atoms with E-state index in [2.05, 4.69) is 11.8 Å². The molecule has 17 heavy (non-hydrogen) atoms. The number of nitrogens with zero attached hydrogens (tertiary/aromatic N) is 1. The summed E-state index contributed by atoms with van der Waals surface area (Å²) in [5.41, 5.74) is 5.04. The van der Waals surface area contributed by atoms with Crippen molar-refractivity contribution in [3.63, 3.8) is 0 Å². The highest BCUT2D eigenvalue weighted by molar-refractivity contribution is 5.79. The Labute approximate surface area is 103 Å². The second-order valence-electron chi connectivity index (χ2n) is 4.83. The Morgan fingerprint density at radius 3 is 2.94 bits per heavy atom. The van der Waals surface area contributed by atoms with Crippen molar-refractivity contribution >= 4 is 5.97 Å². The number of nitrogens with two attached hydrogens (primary N) is 1. The van der Waals surface area contributed by atoms with Gasteiger partial charge in [0, 0.05) is 19.1 Å². The van der Waals surface area contributed by atoms with E-state index in [9.17, 15) is 4.79 Å². The van der Waals surface area contributed by atoms with E-state index in [-0.39, 0.29) is 5.97 Å². The molecule has 0 saturated carbocycles. The number of morpholine rings is 1. The minimum atomic E-state index is -0.897. The summed E-state index contributed by atoms with van der Waals surface area (Å²) in [6, 6.07) is 0.442. The molecule has 0 spiro atoms. The van der Waals surface area contributed by atoms with Crippen LogP contribution >= 0.6 is 0 Å². The first-order valence-corrected chi connectivity index (χ1v) is 6.20. The fraction of sp³-hybridized carbons (Fsp3) is 0.917. The van der Waals surface area contributed by atoms with Crippen molar-refractivity contribution in [2.75, 3.05) is 33.4 Å². The lowest BCUT2D eigenvalue weighted by Gasteiger charge is -2.36. The highest BCUT2D eigenvalue weighted by Crippen LogP contribution is 2.14. The fourth-order valence-corrected chi connectivity index (χ4v) is 2.07. The molecule has 0 aromatic heterocycles. The van der Waals surface area contributed by atoms with Crippen molar-refractivity contribution in [1.29, 1.82) is 0 Å². The smallest absolute Gasteiger partial charge is 0.325 e. The molecule has 100 valence electrons. The molecule has 0 aromatic rings. The number of carbonyl (C=O) groups is 1. The second kappa shape index (κ2) is 6.33. The molecule has 1 fully saturated rings. The van der Waals surface area contributed by atoms with Crippen LogP contribution in [0.1, 0.15) is 26.7 Å². The molecule has 1 saturated heterocycles. The molecule has 0 bridgehead atoms. The molecule has 1 rings (SSSR count). The van der Waals surface area contributed by atoms with Crippen molar-refractivity contribution < 1.29 is 14.3 Å². The largest absolute Gasteiger partial charge is 0.468 e. The minimum absolute atomic E-state index is 0.348. The van der Waals surface area contributed by atoms with Gasteiger partial charge in [0.05, 0.1) is 20.3 Å². The van der Waals surface area contributed by atoms with Crippen molar-refractivity contribution in [2.24, 2.45) is 5.73 Å². The summed E-state index contributed by atoms with van der Waals surface area (Å²) in [6.07, 6.45) is 1.66. The minimum Gasteiger partial charge on any atom is -0.468 e. The van der Waals surface area contributed by atoms with E-state index in [0.29, 0.717) is 12.5 Å². The molecule has 5 nitrogen and oxygen atoms in total. The van der Waals surface area contributed by atoms with Crippen molar-refractivity contribution in [3.05, 3.63) is 0 Å². The van der Waals surface area contributed by atoms with Gasteiger partial charge in [-0.1, -0.05) is 6.92 Å². The molecular formula is C12H24N2O3. The van der Waals surface area contributed by atoms with Crippen LogP contribution in [0.15, 0.2) is 0 Å². The summed E-state index contributed by atoms with van der Waals surface area (Å²) >= 11 is 0. The molecule has 2 atom stereocenters. The third-order valence-electron chi connectivity index (χ3n) is 3.39. The van der Waals surface area contributed by atoms with E-state index in [4.69, 9.17) is 15.2 Å². The average Bonchev–Trinajstić information content (AvgIpc) is 2.35. The molecule has 0 aliphatic carbocycles. The van der Waals surface area contributed by atoms with Gasteiger partial charge in [-0.25, -0.2) is 0 Å².